The van der Waals surface area contributed by atoms with Crippen molar-refractivity contribution in [2.75, 3.05) is 7.11 Å². The monoisotopic (exact) mass is 261 g/mol. The summed E-state index contributed by atoms with van der Waals surface area (Å²) in [6.07, 6.45) is -8.57. The first-order valence-corrected chi connectivity index (χ1v) is 4.03. The number of halogens is 6. The molecule has 17 heavy (non-hydrogen) atoms. The molecule has 0 bridgehead atoms. The molecule has 0 radical (unpaired) electrons. The van der Waals surface area contributed by atoms with Crippen LogP contribution in [0.1, 0.15) is 12.0 Å². The van der Waals surface area contributed by atoms with E-state index in [0.717, 1.165) is 7.11 Å². The maximum Gasteiger partial charge on any atom is 0.573 e. The van der Waals surface area contributed by atoms with E-state index >= 15 is 0 Å². The van der Waals surface area contributed by atoms with Crippen LogP contribution < -0.4 is 9.47 Å². The average molecular weight is 261 g/mol. The van der Waals surface area contributed by atoms with Crippen LogP contribution in [0.15, 0.2) is 6.07 Å². The van der Waals surface area contributed by atoms with Crippen LogP contribution >= 0.6 is 0 Å². The molecule has 1 heterocycles. The van der Waals surface area contributed by atoms with Crippen LogP contribution in [-0.4, -0.2) is 18.5 Å². The van der Waals surface area contributed by atoms with Gasteiger partial charge in [0, 0.05) is 6.07 Å². The van der Waals surface area contributed by atoms with Gasteiger partial charge >= 0.3 is 6.36 Å². The van der Waals surface area contributed by atoms with E-state index in [9.17, 15) is 26.3 Å². The van der Waals surface area contributed by atoms with E-state index in [1.54, 1.807) is 0 Å². The number of nitrogens with zero attached hydrogens (tertiary/aromatic N) is 1. The van der Waals surface area contributed by atoms with Crippen molar-refractivity contribution >= 4 is 0 Å². The Morgan fingerprint density at radius 2 is 1.88 bits per heavy atom. The molecule has 0 saturated carbocycles. The van der Waals surface area contributed by atoms with Crippen LogP contribution in [0.3, 0.4) is 0 Å². The van der Waals surface area contributed by atoms with Gasteiger partial charge in [-0.25, -0.2) is 8.78 Å². The lowest BCUT2D eigenvalue weighted by molar-refractivity contribution is -0.275. The van der Waals surface area contributed by atoms with E-state index in [1.807, 2.05) is 0 Å². The van der Waals surface area contributed by atoms with Gasteiger partial charge in [0.15, 0.2) is 0 Å². The van der Waals surface area contributed by atoms with Gasteiger partial charge in [-0.05, 0) is 0 Å². The summed E-state index contributed by atoms with van der Waals surface area (Å²) in [4.78, 5) is 2.87. The zero-order chi connectivity index (χ0) is 13.2. The normalized spacial score (nSPS) is 11.8. The SMILES string of the molecule is COc1nc(F)cc(C(F)F)c1OC(F)(F)F. The fourth-order valence-corrected chi connectivity index (χ4v) is 1.02. The smallest absolute Gasteiger partial charge is 0.478 e. The second kappa shape index (κ2) is 4.68. The Labute approximate surface area is 91.0 Å². The number of pyridine rings is 1. The lowest BCUT2D eigenvalue weighted by atomic mass is 10.2. The Kier molecular flexibility index (Phi) is 3.69. The summed E-state index contributed by atoms with van der Waals surface area (Å²) in [5.41, 5.74) is -1.29. The summed E-state index contributed by atoms with van der Waals surface area (Å²) in [5, 5.41) is 0. The lowest BCUT2D eigenvalue weighted by Crippen LogP contribution is -2.19. The molecule has 0 fully saturated rings. The molecule has 0 spiro atoms. The molecule has 1 aromatic rings. The van der Waals surface area contributed by atoms with Gasteiger partial charge in [-0.2, -0.15) is 9.37 Å². The molecule has 1 rings (SSSR count). The molecule has 1 aromatic heterocycles. The maximum atomic E-state index is 12.7. The summed E-state index contributed by atoms with van der Waals surface area (Å²) in [5.74, 6) is -3.75. The van der Waals surface area contributed by atoms with Crippen molar-refractivity contribution in [3.63, 3.8) is 0 Å². The van der Waals surface area contributed by atoms with Gasteiger partial charge in [-0.1, -0.05) is 0 Å². The largest absolute Gasteiger partial charge is 0.573 e. The van der Waals surface area contributed by atoms with Crippen LogP contribution in [0, 0.1) is 5.95 Å². The van der Waals surface area contributed by atoms with Crippen molar-refractivity contribution in [1.82, 2.24) is 4.98 Å². The van der Waals surface area contributed by atoms with Crippen molar-refractivity contribution in [3.8, 4) is 11.6 Å². The van der Waals surface area contributed by atoms with Crippen molar-refractivity contribution in [1.29, 1.82) is 0 Å². The van der Waals surface area contributed by atoms with E-state index in [1.165, 1.54) is 0 Å². The van der Waals surface area contributed by atoms with E-state index in [0.29, 0.717) is 0 Å². The highest BCUT2D eigenvalue weighted by Gasteiger charge is 2.36. The first-order valence-electron chi connectivity index (χ1n) is 4.03. The van der Waals surface area contributed by atoms with Crippen LogP contribution in [0.2, 0.25) is 0 Å². The average Bonchev–Trinajstić information content (AvgIpc) is 2.17. The van der Waals surface area contributed by atoms with Crippen molar-refractivity contribution in [2.45, 2.75) is 12.8 Å². The van der Waals surface area contributed by atoms with Gasteiger partial charge in [-0.15, -0.1) is 13.2 Å². The molecule has 0 N–H and O–H groups in total. The molecule has 0 aliphatic rings. The predicted molar refractivity (Wildman–Crippen MR) is 42.4 cm³/mol. The molecule has 0 aliphatic carbocycles. The Balaban J connectivity index is 3.32. The molecule has 3 nitrogen and oxygen atoms in total. The minimum absolute atomic E-state index is 0.147. The minimum atomic E-state index is -5.21. The Bertz CT molecular complexity index is 406. The molecule has 0 amide bonds. The number of hydrogen-bond acceptors (Lipinski definition) is 3. The number of methoxy groups -OCH3 is 1. The quantitative estimate of drug-likeness (QED) is 0.619. The Hall–Kier alpha value is -1.67. The van der Waals surface area contributed by atoms with Gasteiger partial charge in [0.2, 0.25) is 11.7 Å². The molecule has 0 aliphatic heterocycles. The molecule has 0 unspecified atom stereocenters. The molecule has 0 atom stereocenters. The summed E-state index contributed by atoms with van der Waals surface area (Å²) in [7, 11) is 0.847. The molecular formula is C8H5F6NO2. The van der Waals surface area contributed by atoms with Gasteiger partial charge in [0.1, 0.15) is 0 Å². The van der Waals surface area contributed by atoms with Crippen molar-refractivity contribution in [2.24, 2.45) is 0 Å². The molecule has 0 aromatic carbocycles. The first-order chi connectivity index (χ1) is 7.74. The van der Waals surface area contributed by atoms with Gasteiger partial charge < -0.3 is 9.47 Å². The van der Waals surface area contributed by atoms with Crippen LogP contribution in [-0.2, 0) is 0 Å². The fraction of sp³-hybridized carbons (Fsp3) is 0.375. The number of ether oxygens (including phenoxy) is 2. The third-order valence-corrected chi connectivity index (χ3v) is 1.59. The van der Waals surface area contributed by atoms with Crippen LogP contribution in [0.4, 0.5) is 26.3 Å². The van der Waals surface area contributed by atoms with Crippen LogP contribution in [0.25, 0.3) is 0 Å². The van der Waals surface area contributed by atoms with E-state index in [-0.39, 0.29) is 6.07 Å². The third kappa shape index (κ3) is 3.40. The highest BCUT2D eigenvalue weighted by atomic mass is 19.4. The van der Waals surface area contributed by atoms with Crippen LogP contribution in [0.5, 0.6) is 11.6 Å². The maximum absolute atomic E-state index is 12.7. The fourth-order valence-electron chi connectivity index (χ4n) is 1.02. The summed E-state index contributed by atoms with van der Waals surface area (Å²) >= 11 is 0. The summed E-state index contributed by atoms with van der Waals surface area (Å²) < 4.78 is 81.0. The van der Waals surface area contributed by atoms with E-state index < -0.39 is 35.9 Å². The minimum Gasteiger partial charge on any atom is -0.478 e. The summed E-state index contributed by atoms with van der Waals surface area (Å²) in [6, 6.07) is 0.147. The number of rotatable bonds is 3. The molecule has 0 saturated heterocycles. The number of hydrogen-bond donors (Lipinski definition) is 0. The van der Waals surface area contributed by atoms with E-state index in [4.69, 9.17) is 0 Å². The molecule has 9 heteroatoms. The van der Waals surface area contributed by atoms with Crippen molar-refractivity contribution in [3.05, 3.63) is 17.6 Å². The zero-order valence-corrected chi connectivity index (χ0v) is 8.19. The predicted octanol–water partition coefficient (Wildman–Crippen LogP) is 3.07. The highest BCUT2D eigenvalue weighted by molar-refractivity contribution is 5.42. The third-order valence-electron chi connectivity index (χ3n) is 1.59. The standard InChI is InChI=1S/C8H5F6NO2/c1-16-7-5(17-8(12,13)14)3(6(10)11)2-4(9)15-7/h2,6H,1H3. The Morgan fingerprint density at radius 1 is 1.29 bits per heavy atom. The second-order valence-electron chi connectivity index (χ2n) is 2.72. The first kappa shape index (κ1) is 13.4. The topological polar surface area (TPSA) is 31.4 Å². The highest BCUT2D eigenvalue weighted by Crippen LogP contribution is 2.39. The zero-order valence-electron chi connectivity index (χ0n) is 8.19. The van der Waals surface area contributed by atoms with Crippen molar-refractivity contribution < 1.29 is 35.8 Å². The van der Waals surface area contributed by atoms with Gasteiger partial charge in [0.25, 0.3) is 12.3 Å². The van der Waals surface area contributed by atoms with Gasteiger partial charge in [-0.3, -0.25) is 0 Å². The molecular weight excluding hydrogens is 256 g/mol. The van der Waals surface area contributed by atoms with Gasteiger partial charge in [0.05, 0.1) is 12.7 Å². The lowest BCUT2D eigenvalue weighted by Gasteiger charge is -2.15. The number of aromatic nitrogens is 1. The molecule has 96 valence electrons. The van der Waals surface area contributed by atoms with E-state index in [2.05, 4.69) is 14.5 Å². The Morgan fingerprint density at radius 3 is 2.29 bits per heavy atom. The second-order valence-corrected chi connectivity index (χ2v) is 2.72. The summed E-state index contributed by atoms with van der Waals surface area (Å²) in [6.45, 7) is 0. The number of alkyl halides is 5.